The third kappa shape index (κ3) is 4.42. The van der Waals surface area contributed by atoms with Gasteiger partial charge in [0.05, 0.1) is 11.6 Å². The summed E-state index contributed by atoms with van der Waals surface area (Å²) in [6.07, 6.45) is 0.456. The molecule has 4 nitrogen and oxygen atoms in total. The molecule has 0 unspecified atom stereocenters. The Hall–Kier alpha value is -0.690. The van der Waals surface area contributed by atoms with Crippen LogP contribution in [0.4, 0.5) is 4.39 Å². The van der Waals surface area contributed by atoms with Gasteiger partial charge in [0.25, 0.3) is 0 Å². The molecule has 0 radical (unpaired) electrons. The smallest absolute Gasteiger partial charge is 0.243 e. The molecule has 7 heteroatoms. The summed E-state index contributed by atoms with van der Waals surface area (Å²) in [5.74, 6) is -0.790. The minimum atomic E-state index is -4.04. The predicted octanol–water partition coefficient (Wildman–Crippen LogP) is 2.16. The fourth-order valence-corrected chi connectivity index (χ4v) is 3.27. The first-order chi connectivity index (χ1) is 8.77. The number of aliphatic hydroxyl groups is 1. The fourth-order valence-electron chi connectivity index (χ4n) is 1.70. The first-order valence-corrected chi connectivity index (χ1v) is 7.71. The molecule has 1 atom stereocenters. The van der Waals surface area contributed by atoms with Crippen LogP contribution in [-0.2, 0) is 10.0 Å². The van der Waals surface area contributed by atoms with Gasteiger partial charge in [-0.05, 0) is 24.5 Å². The van der Waals surface area contributed by atoms with E-state index in [0.29, 0.717) is 6.42 Å². The minimum absolute atomic E-state index is 0.198. The summed E-state index contributed by atoms with van der Waals surface area (Å²) in [6.45, 7) is 3.45. The van der Waals surface area contributed by atoms with E-state index in [0.717, 1.165) is 6.07 Å². The van der Waals surface area contributed by atoms with Gasteiger partial charge in [-0.3, -0.25) is 0 Å². The van der Waals surface area contributed by atoms with Crippen molar-refractivity contribution >= 4 is 21.6 Å². The Labute approximate surface area is 117 Å². The van der Waals surface area contributed by atoms with E-state index in [-0.39, 0.29) is 17.5 Å². The number of benzene rings is 1. The van der Waals surface area contributed by atoms with Crippen LogP contribution in [0.1, 0.15) is 20.3 Å². The van der Waals surface area contributed by atoms with E-state index in [2.05, 4.69) is 4.72 Å². The SMILES string of the molecule is CC(C)C[C@H](CO)NS(=O)(=O)c1cccc(Cl)c1F. The van der Waals surface area contributed by atoms with E-state index in [1.54, 1.807) is 0 Å². The lowest BCUT2D eigenvalue weighted by atomic mass is 10.1. The molecule has 0 spiro atoms. The van der Waals surface area contributed by atoms with Crippen molar-refractivity contribution in [3.8, 4) is 0 Å². The van der Waals surface area contributed by atoms with E-state index in [1.807, 2.05) is 13.8 Å². The van der Waals surface area contributed by atoms with Gasteiger partial charge in [0.15, 0.2) is 5.82 Å². The van der Waals surface area contributed by atoms with Crippen molar-refractivity contribution in [1.29, 1.82) is 0 Å². The van der Waals surface area contributed by atoms with Crippen molar-refractivity contribution in [3.05, 3.63) is 29.0 Å². The van der Waals surface area contributed by atoms with E-state index < -0.39 is 26.8 Å². The second-order valence-electron chi connectivity index (χ2n) is 4.68. The highest BCUT2D eigenvalue weighted by Crippen LogP contribution is 2.22. The van der Waals surface area contributed by atoms with Crippen LogP contribution >= 0.6 is 11.6 Å². The molecule has 1 aromatic carbocycles. The lowest BCUT2D eigenvalue weighted by Crippen LogP contribution is -2.38. The second-order valence-corrected chi connectivity index (χ2v) is 6.77. The zero-order chi connectivity index (χ0) is 14.6. The summed E-state index contributed by atoms with van der Waals surface area (Å²) in [7, 11) is -4.04. The predicted molar refractivity (Wildman–Crippen MR) is 72.1 cm³/mol. The van der Waals surface area contributed by atoms with Crippen molar-refractivity contribution in [1.82, 2.24) is 4.72 Å². The molecule has 0 fully saturated rings. The molecule has 0 amide bonds. The van der Waals surface area contributed by atoms with Crippen molar-refractivity contribution in [2.75, 3.05) is 6.61 Å². The Morgan fingerprint density at radius 1 is 1.42 bits per heavy atom. The fraction of sp³-hybridized carbons (Fsp3) is 0.500. The van der Waals surface area contributed by atoms with Crippen LogP contribution in [0.3, 0.4) is 0 Å². The maximum atomic E-state index is 13.7. The largest absolute Gasteiger partial charge is 0.395 e. The van der Waals surface area contributed by atoms with Gasteiger partial charge < -0.3 is 5.11 Å². The number of hydrogen-bond donors (Lipinski definition) is 2. The summed E-state index contributed by atoms with van der Waals surface area (Å²) in [5.41, 5.74) is 0. The molecule has 2 N–H and O–H groups in total. The summed E-state index contributed by atoms with van der Waals surface area (Å²) in [6, 6.07) is 3.11. The Bertz CT molecular complexity index is 534. The third-order valence-electron chi connectivity index (χ3n) is 2.50. The van der Waals surface area contributed by atoms with Crippen LogP contribution in [0.2, 0.25) is 5.02 Å². The standard InChI is InChI=1S/C12H17ClFNO3S/c1-8(2)6-9(7-16)15-19(17,18)11-5-3-4-10(13)12(11)14/h3-5,8-9,15-16H,6-7H2,1-2H3/t9-/m1/s1. The van der Waals surface area contributed by atoms with E-state index in [9.17, 15) is 12.8 Å². The van der Waals surface area contributed by atoms with Crippen LogP contribution in [0, 0.1) is 11.7 Å². The molecule has 19 heavy (non-hydrogen) atoms. The number of aliphatic hydroxyl groups excluding tert-OH is 1. The molecular weight excluding hydrogens is 293 g/mol. The number of sulfonamides is 1. The normalized spacial score (nSPS) is 13.8. The Morgan fingerprint density at radius 3 is 2.58 bits per heavy atom. The molecule has 0 aliphatic carbocycles. The third-order valence-corrected chi connectivity index (χ3v) is 4.33. The Balaban J connectivity index is 3.01. The molecule has 1 rings (SSSR count). The summed E-state index contributed by atoms with van der Waals surface area (Å²) in [4.78, 5) is -0.512. The van der Waals surface area contributed by atoms with E-state index in [1.165, 1.54) is 12.1 Å². The number of rotatable bonds is 6. The molecule has 0 aliphatic heterocycles. The molecular formula is C12H17ClFNO3S. The number of hydrogen-bond acceptors (Lipinski definition) is 3. The highest BCUT2D eigenvalue weighted by atomic mass is 35.5. The number of halogens is 2. The first kappa shape index (κ1) is 16.4. The number of nitrogens with one attached hydrogen (secondary N) is 1. The van der Waals surface area contributed by atoms with Gasteiger partial charge in [0, 0.05) is 6.04 Å². The average Bonchev–Trinajstić information content (AvgIpc) is 2.30. The van der Waals surface area contributed by atoms with Crippen molar-refractivity contribution in [3.63, 3.8) is 0 Å². The molecule has 0 aliphatic rings. The maximum absolute atomic E-state index is 13.7. The lowest BCUT2D eigenvalue weighted by Gasteiger charge is -2.18. The van der Waals surface area contributed by atoms with Gasteiger partial charge in [-0.25, -0.2) is 17.5 Å². The molecule has 0 saturated carbocycles. The minimum Gasteiger partial charge on any atom is -0.395 e. The summed E-state index contributed by atoms with van der Waals surface area (Å²) >= 11 is 5.56. The topological polar surface area (TPSA) is 66.4 Å². The van der Waals surface area contributed by atoms with Gasteiger partial charge in [0.2, 0.25) is 10.0 Å². The Kier molecular flexibility index (Phi) is 5.73. The van der Waals surface area contributed by atoms with Gasteiger partial charge in [-0.2, -0.15) is 0 Å². The molecule has 1 aromatic rings. The van der Waals surface area contributed by atoms with Gasteiger partial charge in [0.1, 0.15) is 4.90 Å². The monoisotopic (exact) mass is 309 g/mol. The maximum Gasteiger partial charge on any atom is 0.243 e. The second kappa shape index (κ2) is 6.65. The van der Waals surface area contributed by atoms with Crippen LogP contribution in [0.25, 0.3) is 0 Å². The molecule has 0 saturated heterocycles. The van der Waals surface area contributed by atoms with E-state index in [4.69, 9.17) is 16.7 Å². The zero-order valence-electron chi connectivity index (χ0n) is 10.7. The van der Waals surface area contributed by atoms with Gasteiger partial charge in [-0.15, -0.1) is 0 Å². The summed E-state index contributed by atoms with van der Waals surface area (Å²) in [5, 5.41) is 8.91. The molecule has 0 heterocycles. The van der Waals surface area contributed by atoms with Gasteiger partial charge >= 0.3 is 0 Å². The first-order valence-electron chi connectivity index (χ1n) is 5.85. The molecule has 108 valence electrons. The molecule has 0 bridgehead atoms. The van der Waals surface area contributed by atoms with Crippen molar-refractivity contribution < 1.29 is 17.9 Å². The van der Waals surface area contributed by atoms with Crippen LogP contribution < -0.4 is 4.72 Å². The quantitative estimate of drug-likeness (QED) is 0.846. The van der Waals surface area contributed by atoms with Crippen molar-refractivity contribution in [2.24, 2.45) is 5.92 Å². The molecule has 0 aromatic heterocycles. The van der Waals surface area contributed by atoms with Crippen LogP contribution in [-0.4, -0.2) is 26.2 Å². The van der Waals surface area contributed by atoms with Gasteiger partial charge in [-0.1, -0.05) is 31.5 Å². The van der Waals surface area contributed by atoms with Crippen LogP contribution in [0.15, 0.2) is 23.1 Å². The zero-order valence-corrected chi connectivity index (χ0v) is 12.3. The Morgan fingerprint density at radius 2 is 2.05 bits per heavy atom. The lowest BCUT2D eigenvalue weighted by molar-refractivity contribution is 0.240. The average molecular weight is 310 g/mol. The highest BCUT2D eigenvalue weighted by molar-refractivity contribution is 7.89. The summed E-state index contributed by atoms with van der Waals surface area (Å²) < 4.78 is 40.1. The van der Waals surface area contributed by atoms with E-state index >= 15 is 0 Å². The van der Waals surface area contributed by atoms with Crippen LogP contribution in [0.5, 0.6) is 0 Å². The highest BCUT2D eigenvalue weighted by Gasteiger charge is 2.24. The van der Waals surface area contributed by atoms with Crippen molar-refractivity contribution in [2.45, 2.75) is 31.2 Å².